The number of nitro groups is 1. The molecule has 6 nitrogen and oxygen atoms in total. The molecule has 0 bridgehead atoms. The molecule has 0 saturated heterocycles. The largest absolute Gasteiger partial charge is 0.449 e. The van der Waals surface area contributed by atoms with Gasteiger partial charge in [0.25, 0.3) is 5.69 Å². The number of aryl methyl sites for hydroxylation is 1. The molecule has 0 spiro atoms. The third-order valence-corrected chi connectivity index (χ3v) is 5.43. The first-order valence-corrected chi connectivity index (χ1v) is 10.4. The van der Waals surface area contributed by atoms with Crippen molar-refractivity contribution in [2.45, 2.75) is 19.3 Å². The van der Waals surface area contributed by atoms with E-state index < -0.39 is 11.0 Å². The van der Waals surface area contributed by atoms with Crippen molar-refractivity contribution in [2.75, 3.05) is 13.2 Å². The molecule has 4 rings (SSSR count). The lowest BCUT2D eigenvalue weighted by Crippen LogP contribution is -2.26. The smallest absolute Gasteiger partial charge is 0.407 e. The zero-order chi connectivity index (χ0) is 22.5. The number of benzene rings is 3. The number of carbonyl (C=O) groups excluding carboxylic acids is 1. The maximum atomic E-state index is 12.2. The Hall–Kier alpha value is -4.11. The first kappa shape index (κ1) is 21.1. The lowest BCUT2D eigenvalue weighted by molar-refractivity contribution is -0.385. The number of rotatable bonds is 5. The fourth-order valence-electron chi connectivity index (χ4n) is 3.94. The zero-order valence-electron chi connectivity index (χ0n) is 17.6. The zero-order valence-corrected chi connectivity index (χ0v) is 17.6. The molecule has 6 heteroatoms. The summed E-state index contributed by atoms with van der Waals surface area (Å²) in [4.78, 5) is 22.8. The van der Waals surface area contributed by atoms with Crippen molar-refractivity contribution < 1.29 is 14.5 Å². The number of ether oxygens (including phenoxy) is 1. The predicted octanol–water partition coefficient (Wildman–Crippen LogP) is 5.18. The SMILES string of the molecule is Cc1ccc([N+](=O)[O-])c(C#CCCNC(=O)OCC2c3ccccc3-c3ccccc32)c1. The standard InChI is InChI=1S/C26H22N2O4/c1-18-13-14-25(28(30)31)19(16-18)8-6-7-15-27-26(29)32-17-24-22-11-4-2-9-20(22)21-10-3-5-12-23(21)24/h2-5,9-14,16,24H,7,15,17H2,1H3,(H,27,29). The van der Waals surface area contributed by atoms with Crippen molar-refractivity contribution in [1.82, 2.24) is 5.32 Å². The topological polar surface area (TPSA) is 81.5 Å². The molecule has 1 amide bonds. The Morgan fingerprint density at radius 3 is 2.38 bits per heavy atom. The van der Waals surface area contributed by atoms with Crippen molar-refractivity contribution >= 4 is 11.8 Å². The van der Waals surface area contributed by atoms with Gasteiger partial charge in [-0.15, -0.1) is 0 Å². The van der Waals surface area contributed by atoms with E-state index in [0.29, 0.717) is 18.5 Å². The van der Waals surface area contributed by atoms with Crippen LogP contribution in [-0.4, -0.2) is 24.2 Å². The quantitative estimate of drug-likeness (QED) is 0.264. The third kappa shape index (κ3) is 4.47. The van der Waals surface area contributed by atoms with E-state index >= 15 is 0 Å². The molecule has 0 saturated carbocycles. The van der Waals surface area contributed by atoms with E-state index in [9.17, 15) is 14.9 Å². The third-order valence-electron chi connectivity index (χ3n) is 5.43. The van der Waals surface area contributed by atoms with Crippen LogP contribution in [-0.2, 0) is 4.74 Å². The fraction of sp³-hybridized carbons (Fsp3) is 0.192. The maximum absolute atomic E-state index is 12.2. The minimum absolute atomic E-state index is 0.00908. The number of hydrogen-bond acceptors (Lipinski definition) is 4. The molecule has 32 heavy (non-hydrogen) atoms. The summed E-state index contributed by atoms with van der Waals surface area (Å²) in [7, 11) is 0. The molecule has 160 valence electrons. The summed E-state index contributed by atoms with van der Waals surface area (Å²) in [6, 6.07) is 21.2. The van der Waals surface area contributed by atoms with Gasteiger partial charge in [0.1, 0.15) is 12.2 Å². The van der Waals surface area contributed by atoms with Gasteiger partial charge in [0, 0.05) is 24.9 Å². The van der Waals surface area contributed by atoms with Crippen LogP contribution in [0, 0.1) is 28.9 Å². The summed E-state index contributed by atoms with van der Waals surface area (Å²) < 4.78 is 5.48. The number of alkyl carbamates (subject to hydrolysis) is 1. The van der Waals surface area contributed by atoms with Crippen molar-refractivity contribution in [3.63, 3.8) is 0 Å². The molecule has 3 aromatic carbocycles. The van der Waals surface area contributed by atoms with E-state index in [1.807, 2.05) is 31.2 Å². The molecular weight excluding hydrogens is 404 g/mol. The highest BCUT2D eigenvalue weighted by Crippen LogP contribution is 2.44. The van der Waals surface area contributed by atoms with Crippen molar-refractivity contribution in [3.8, 4) is 23.0 Å². The normalized spacial score (nSPS) is 11.7. The predicted molar refractivity (Wildman–Crippen MR) is 122 cm³/mol. The van der Waals surface area contributed by atoms with E-state index in [1.165, 1.54) is 17.2 Å². The molecule has 1 N–H and O–H groups in total. The summed E-state index contributed by atoms with van der Waals surface area (Å²) >= 11 is 0. The Balaban J connectivity index is 1.31. The monoisotopic (exact) mass is 426 g/mol. The van der Waals surface area contributed by atoms with E-state index in [0.717, 1.165) is 16.7 Å². The van der Waals surface area contributed by atoms with E-state index in [1.54, 1.807) is 12.1 Å². The van der Waals surface area contributed by atoms with E-state index in [4.69, 9.17) is 4.74 Å². The minimum Gasteiger partial charge on any atom is -0.449 e. The molecule has 1 aliphatic carbocycles. The molecule has 0 aromatic heterocycles. The Kier molecular flexibility index (Phi) is 6.18. The number of nitrogens with zero attached hydrogens (tertiary/aromatic N) is 1. The van der Waals surface area contributed by atoms with Crippen LogP contribution in [0.2, 0.25) is 0 Å². The van der Waals surface area contributed by atoms with Crippen LogP contribution in [0.4, 0.5) is 10.5 Å². The highest BCUT2D eigenvalue weighted by atomic mass is 16.6. The molecule has 0 heterocycles. The number of amides is 1. The number of fused-ring (bicyclic) bond motifs is 3. The summed E-state index contributed by atoms with van der Waals surface area (Å²) in [6.45, 7) is 2.40. The van der Waals surface area contributed by atoms with Crippen molar-refractivity contribution in [2.24, 2.45) is 0 Å². The van der Waals surface area contributed by atoms with Gasteiger partial charge in [-0.2, -0.15) is 0 Å². The molecule has 0 atom stereocenters. The van der Waals surface area contributed by atoms with Gasteiger partial charge in [0.15, 0.2) is 0 Å². The first-order valence-electron chi connectivity index (χ1n) is 10.4. The van der Waals surface area contributed by atoms with Crippen LogP contribution in [0.1, 0.15) is 34.6 Å². The Labute approximate surface area is 186 Å². The van der Waals surface area contributed by atoms with Crippen LogP contribution in [0.25, 0.3) is 11.1 Å². The van der Waals surface area contributed by atoms with Gasteiger partial charge in [0.05, 0.1) is 4.92 Å². The summed E-state index contributed by atoms with van der Waals surface area (Å²) in [5.74, 6) is 5.71. The number of nitrogens with one attached hydrogen (secondary N) is 1. The highest BCUT2D eigenvalue weighted by molar-refractivity contribution is 5.79. The second-order valence-electron chi connectivity index (χ2n) is 7.58. The average molecular weight is 426 g/mol. The fourth-order valence-corrected chi connectivity index (χ4v) is 3.94. The minimum atomic E-state index is -0.504. The van der Waals surface area contributed by atoms with E-state index in [-0.39, 0.29) is 18.2 Å². The van der Waals surface area contributed by atoms with Gasteiger partial charge in [-0.25, -0.2) is 4.79 Å². The maximum Gasteiger partial charge on any atom is 0.407 e. The van der Waals surface area contributed by atoms with Crippen LogP contribution < -0.4 is 5.32 Å². The van der Waals surface area contributed by atoms with E-state index in [2.05, 4.69) is 41.4 Å². The lowest BCUT2D eigenvalue weighted by atomic mass is 9.98. The van der Waals surface area contributed by atoms with Crippen LogP contribution in [0.3, 0.4) is 0 Å². The number of nitro benzene ring substituents is 1. The molecular formula is C26H22N2O4. The van der Waals surface area contributed by atoms with Gasteiger partial charge in [0.2, 0.25) is 0 Å². The molecule has 0 aliphatic heterocycles. The van der Waals surface area contributed by atoms with Crippen LogP contribution >= 0.6 is 0 Å². The average Bonchev–Trinajstić information content (AvgIpc) is 3.11. The second-order valence-corrected chi connectivity index (χ2v) is 7.58. The van der Waals surface area contributed by atoms with Crippen molar-refractivity contribution in [1.29, 1.82) is 0 Å². The van der Waals surface area contributed by atoms with Gasteiger partial charge >= 0.3 is 6.09 Å². The highest BCUT2D eigenvalue weighted by Gasteiger charge is 2.28. The van der Waals surface area contributed by atoms with Crippen LogP contribution in [0.15, 0.2) is 66.7 Å². The molecule has 0 radical (unpaired) electrons. The molecule has 0 unspecified atom stereocenters. The second kappa shape index (κ2) is 9.36. The molecule has 1 aliphatic rings. The van der Waals surface area contributed by atoms with Crippen molar-refractivity contribution in [3.05, 3.63) is 99.1 Å². The van der Waals surface area contributed by atoms with Gasteiger partial charge in [-0.1, -0.05) is 66.4 Å². The van der Waals surface area contributed by atoms with Gasteiger partial charge in [-0.3, -0.25) is 10.1 Å². The Bertz CT molecular complexity index is 1190. The van der Waals surface area contributed by atoms with Gasteiger partial charge < -0.3 is 10.1 Å². The first-order chi connectivity index (χ1) is 15.5. The Morgan fingerprint density at radius 2 is 1.72 bits per heavy atom. The summed E-state index contributed by atoms with van der Waals surface area (Å²) in [5.41, 5.74) is 5.93. The molecule has 3 aromatic rings. The molecule has 0 fully saturated rings. The Morgan fingerprint density at radius 1 is 1.06 bits per heavy atom. The summed E-state index contributed by atoms with van der Waals surface area (Å²) in [6.07, 6.45) is -0.148. The summed E-state index contributed by atoms with van der Waals surface area (Å²) in [5, 5.41) is 13.8. The van der Waals surface area contributed by atoms with Gasteiger partial charge in [-0.05, 0) is 40.8 Å². The number of hydrogen-bond donors (Lipinski definition) is 1. The lowest BCUT2D eigenvalue weighted by Gasteiger charge is -2.14. The number of carbonyl (C=O) groups is 1. The van der Waals surface area contributed by atoms with Crippen LogP contribution in [0.5, 0.6) is 0 Å².